The van der Waals surface area contributed by atoms with Gasteiger partial charge in [0, 0.05) is 29.6 Å². The van der Waals surface area contributed by atoms with Gasteiger partial charge >= 0.3 is 0 Å². The SMILES string of the molecule is CC(C)n1c(CCNC(C)(C)C)nc2ccc(Cl)cc21. The fourth-order valence-electron chi connectivity index (χ4n) is 2.42. The van der Waals surface area contributed by atoms with Gasteiger partial charge in [0.2, 0.25) is 0 Å². The van der Waals surface area contributed by atoms with Crippen molar-refractivity contribution in [1.82, 2.24) is 14.9 Å². The van der Waals surface area contributed by atoms with Crippen molar-refractivity contribution in [1.29, 1.82) is 0 Å². The van der Waals surface area contributed by atoms with Crippen molar-refractivity contribution in [2.75, 3.05) is 6.54 Å². The van der Waals surface area contributed by atoms with E-state index in [4.69, 9.17) is 16.6 Å². The predicted octanol–water partition coefficient (Wildman–Crippen LogP) is 4.20. The van der Waals surface area contributed by atoms with Gasteiger partial charge in [-0.2, -0.15) is 0 Å². The lowest BCUT2D eigenvalue weighted by atomic mass is 10.1. The summed E-state index contributed by atoms with van der Waals surface area (Å²) in [5.74, 6) is 1.12. The van der Waals surface area contributed by atoms with Crippen LogP contribution in [0, 0.1) is 0 Å². The number of hydrogen-bond donors (Lipinski definition) is 1. The Balaban J connectivity index is 2.30. The highest BCUT2D eigenvalue weighted by molar-refractivity contribution is 6.31. The smallest absolute Gasteiger partial charge is 0.111 e. The number of fused-ring (bicyclic) bond motifs is 1. The van der Waals surface area contributed by atoms with Crippen LogP contribution in [0.25, 0.3) is 11.0 Å². The van der Waals surface area contributed by atoms with E-state index in [-0.39, 0.29) is 5.54 Å². The highest BCUT2D eigenvalue weighted by Gasteiger charge is 2.14. The van der Waals surface area contributed by atoms with E-state index in [1.807, 2.05) is 18.2 Å². The molecule has 0 fully saturated rings. The average molecular weight is 294 g/mol. The molecule has 0 atom stereocenters. The summed E-state index contributed by atoms with van der Waals surface area (Å²) in [4.78, 5) is 4.76. The summed E-state index contributed by atoms with van der Waals surface area (Å²) in [6, 6.07) is 6.28. The van der Waals surface area contributed by atoms with Gasteiger partial charge in [0.05, 0.1) is 11.0 Å². The zero-order valence-electron chi connectivity index (χ0n) is 13.0. The summed E-state index contributed by atoms with van der Waals surface area (Å²) in [5, 5.41) is 4.28. The fourth-order valence-corrected chi connectivity index (χ4v) is 2.58. The van der Waals surface area contributed by atoms with Gasteiger partial charge in [-0.25, -0.2) is 4.98 Å². The Morgan fingerprint density at radius 2 is 2.00 bits per heavy atom. The van der Waals surface area contributed by atoms with E-state index in [1.54, 1.807) is 0 Å². The maximum Gasteiger partial charge on any atom is 0.111 e. The Morgan fingerprint density at radius 1 is 1.30 bits per heavy atom. The van der Waals surface area contributed by atoms with Gasteiger partial charge in [-0.05, 0) is 52.8 Å². The molecule has 0 saturated carbocycles. The number of benzene rings is 1. The first kappa shape index (κ1) is 15.3. The lowest BCUT2D eigenvalue weighted by Crippen LogP contribution is -2.37. The summed E-state index contributed by atoms with van der Waals surface area (Å²) in [5.41, 5.74) is 2.28. The second kappa shape index (κ2) is 5.74. The van der Waals surface area contributed by atoms with Crippen LogP contribution in [-0.2, 0) is 6.42 Å². The number of nitrogens with one attached hydrogen (secondary N) is 1. The fraction of sp³-hybridized carbons (Fsp3) is 0.562. The second-order valence-corrected chi connectivity index (χ2v) is 6.99. The molecule has 1 aromatic carbocycles. The molecule has 0 amide bonds. The van der Waals surface area contributed by atoms with Gasteiger partial charge < -0.3 is 9.88 Å². The highest BCUT2D eigenvalue weighted by atomic mass is 35.5. The molecule has 110 valence electrons. The summed E-state index contributed by atoms with van der Waals surface area (Å²) >= 11 is 6.12. The first-order chi connectivity index (χ1) is 9.28. The van der Waals surface area contributed by atoms with Crippen molar-refractivity contribution >= 4 is 22.6 Å². The average Bonchev–Trinajstić information content (AvgIpc) is 2.64. The molecule has 0 unspecified atom stereocenters. The zero-order chi connectivity index (χ0) is 14.9. The van der Waals surface area contributed by atoms with Crippen molar-refractivity contribution in [3.8, 4) is 0 Å². The molecule has 1 aromatic heterocycles. The summed E-state index contributed by atoms with van der Waals surface area (Å²) in [6.45, 7) is 11.8. The third-order valence-corrected chi connectivity index (χ3v) is 3.48. The number of imidazole rings is 1. The molecule has 0 aliphatic heterocycles. The molecule has 1 N–H and O–H groups in total. The van der Waals surface area contributed by atoms with Gasteiger partial charge in [-0.1, -0.05) is 11.6 Å². The predicted molar refractivity (Wildman–Crippen MR) is 86.6 cm³/mol. The van der Waals surface area contributed by atoms with Crippen LogP contribution >= 0.6 is 11.6 Å². The number of rotatable bonds is 4. The minimum atomic E-state index is 0.137. The van der Waals surface area contributed by atoms with Gasteiger partial charge in [0.1, 0.15) is 5.82 Å². The third kappa shape index (κ3) is 3.53. The zero-order valence-corrected chi connectivity index (χ0v) is 13.8. The molecule has 0 saturated heterocycles. The van der Waals surface area contributed by atoms with Crippen LogP contribution in [0.1, 0.15) is 46.5 Å². The van der Waals surface area contributed by atoms with Crippen molar-refractivity contribution < 1.29 is 0 Å². The van der Waals surface area contributed by atoms with Crippen LogP contribution < -0.4 is 5.32 Å². The first-order valence-corrected chi connectivity index (χ1v) is 7.57. The summed E-state index contributed by atoms with van der Waals surface area (Å²) in [6.07, 6.45) is 0.918. The van der Waals surface area contributed by atoms with E-state index in [2.05, 4.69) is 44.5 Å². The standard InChI is InChI=1S/C16H24ClN3/c1-11(2)20-14-10-12(17)6-7-13(14)19-15(20)8-9-18-16(3,4)5/h6-7,10-11,18H,8-9H2,1-5H3. The molecular formula is C16H24ClN3. The highest BCUT2D eigenvalue weighted by Crippen LogP contribution is 2.24. The Bertz CT molecular complexity index is 594. The lowest BCUT2D eigenvalue weighted by molar-refractivity contribution is 0.424. The maximum atomic E-state index is 6.12. The van der Waals surface area contributed by atoms with Gasteiger partial charge in [0.15, 0.2) is 0 Å². The van der Waals surface area contributed by atoms with Gasteiger partial charge in [-0.15, -0.1) is 0 Å². The maximum absolute atomic E-state index is 6.12. The number of aromatic nitrogens is 2. The lowest BCUT2D eigenvalue weighted by Gasteiger charge is -2.21. The van der Waals surface area contributed by atoms with Crippen molar-refractivity contribution in [2.45, 2.75) is 52.6 Å². The van der Waals surface area contributed by atoms with E-state index < -0.39 is 0 Å². The van der Waals surface area contributed by atoms with Gasteiger partial charge in [0.25, 0.3) is 0 Å². The molecule has 1 heterocycles. The Hall–Kier alpha value is -1.06. The topological polar surface area (TPSA) is 29.9 Å². The van der Waals surface area contributed by atoms with Crippen LogP contribution in [0.15, 0.2) is 18.2 Å². The Kier molecular flexibility index (Phi) is 4.40. The van der Waals surface area contributed by atoms with Crippen LogP contribution in [0.4, 0.5) is 0 Å². The molecule has 20 heavy (non-hydrogen) atoms. The minimum Gasteiger partial charge on any atom is -0.325 e. The molecule has 0 aliphatic rings. The van der Waals surface area contributed by atoms with E-state index in [1.165, 1.54) is 0 Å². The molecule has 0 bridgehead atoms. The molecule has 2 rings (SSSR count). The molecule has 2 aromatic rings. The largest absolute Gasteiger partial charge is 0.325 e. The van der Waals surface area contributed by atoms with Crippen molar-refractivity contribution in [2.24, 2.45) is 0 Å². The van der Waals surface area contributed by atoms with Crippen molar-refractivity contribution in [3.63, 3.8) is 0 Å². The third-order valence-electron chi connectivity index (χ3n) is 3.24. The minimum absolute atomic E-state index is 0.137. The van der Waals surface area contributed by atoms with Crippen LogP contribution in [0.2, 0.25) is 5.02 Å². The van der Waals surface area contributed by atoms with Crippen LogP contribution in [0.5, 0.6) is 0 Å². The number of nitrogens with zero attached hydrogens (tertiary/aromatic N) is 2. The number of halogens is 1. The summed E-state index contributed by atoms with van der Waals surface area (Å²) < 4.78 is 2.28. The molecule has 0 spiro atoms. The number of hydrogen-bond acceptors (Lipinski definition) is 2. The molecule has 0 radical (unpaired) electrons. The Labute approximate surface area is 126 Å². The monoisotopic (exact) mass is 293 g/mol. The van der Waals surface area contributed by atoms with E-state index in [0.29, 0.717) is 6.04 Å². The van der Waals surface area contributed by atoms with Crippen LogP contribution in [0.3, 0.4) is 0 Å². The molecule has 4 heteroatoms. The van der Waals surface area contributed by atoms with E-state index in [0.717, 1.165) is 34.8 Å². The van der Waals surface area contributed by atoms with Crippen molar-refractivity contribution in [3.05, 3.63) is 29.0 Å². The Morgan fingerprint density at radius 3 is 2.60 bits per heavy atom. The van der Waals surface area contributed by atoms with Gasteiger partial charge in [-0.3, -0.25) is 0 Å². The molecule has 3 nitrogen and oxygen atoms in total. The molecule has 0 aliphatic carbocycles. The van der Waals surface area contributed by atoms with E-state index >= 15 is 0 Å². The second-order valence-electron chi connectivity index (χ2n) is 6.55. The summed E-state index contributed by atoms with van der Waals surface area (Å²) in [7, 11) is 0. The molecular weight excluding hydrogens is 270 g/mol. The normalized spacial score (nSPS) is 12.6. The first-order valence-electron chi connectivity index (χ1n) is 7.19. The quantitative estimate of drug-likeness (QED) is 0.915. The van der Waals surface area contributed by atoms with E-state index in [9.17, 15) is 0 Å². The van der Waals surface area contributed by atoms with Crippen LogP contribution in [-0.4, -0.2) is 21.6 Å².